The number of aromatic nitrogens is 2. The van der Waals surface area contributed by atoms with Gasteiger partial charge < -0.3 is 4.74 Å². The number of carbonyl (C=O) groups is 1. The van der Waals surface area contributed by atoms with Crippen LogP contribution >= 0.6 is 34.7 Å². The molecule has 1 aliphatic rings. The van der Waals surface area contributed by atoms with E-state index in [-0.39, 0.29) is 28.7 Å². The number of rotatable bonds is 8. The maximum Gasteiger partial charge on any atom is 0.338 e. The number of halogens is 4. The van der Waals surface area contributed by atoms with Crippen molar-refractivity contribution in [2.24, 2.45) is 0 Å². The number of nitrogens with zero attached hydrogens (tertiary/aromatic N) is 3. The Bertz CT molecular complexity index is 1640. The second-order valence-corrected chi connectivity index (χ2v) is 13.3. The summed E-state index contributed by atoms with van der Waals surface area (Å²) < 4.78 is 65.3. The summed E-state index contributed by atoms with van der Waals surface area (Å²) in [6, 6.07) is 15.3. The Morgan fingerprint density at radius 1 is 1.05 bits per heavy atom. The summed E-state index contributed by atoms with van der Waals surface area (Å²) in [7, 11) is -4.17. The van der Waals surface area contributed by atoms with E-state index in [0.717, 1.165) is 29.2 Å². The topological polar surface area (TPSA) is 89.5 Å². The molecular weight excluding hydrogens is 615 g/mol. The van der Waals surface area contributed by atoms with E-state index in [4.69, 9.17) is 27.9 Å². The lowest BCUT2D eigenvalue weighted by Crippen LogP contribution is -2.40. The van der Waals surface area contributed by atoms with E-state index in [1.807, 2.05) is 35.2 Å². The van der Waals surface area contributed by atoms with Gasteiger partial charge in [0.1, 0.15) is 39.7 Å². The number of hydrogen-bond acceptors (Lipinski definition) is 8. The van der Waals surface area contributed by atoms with Crippen molar-refractivity contribution >= 4 is 50.5 Å². The van der Waals surface area contributed by atoms with Gasteiger partial charge in [-0.25, -0.2) is 27.0 Å². The van der Waals surface area contributed by atoms with Gasteiger partial charge in [-0.3, -0.25) is 4.90 Å². The minimum absolute atomic E-state index is 0.0160. The smallest absolute Gasteiger partial charge is 0.338 e. The van der Waals surface area contributed by atoms with Gasteiger partial charge in [0, 0.05) is 41.2 Å². The van der Waals surface area contributed by atoms with Crippen molar-refractivity contribution in [2.75, 3.05) is 6.54 Å². The minimum atomic E-state index is -4.17. The molecule has 0 unspecified atom stereocenters. The fourth-order valence-electron chi connectivity index (χ4n) is 4.84. The molecule has 0 radical (unpaired) electrons. The summed E-state index contributed by atoms with van der Waals surface area (Å²) in [5.74, 6) is -3.00. The third-order valence-electron chi connectivity index (χ3n) is 6.75. The van der Waals surface area contributed by atoms with Crippen molar-refractivity contribution in [1.29, 1.82) is 0 Å². The number of ether oxygens (including phenoxy) is 1. The molecule has 41 heavy (non-hydrogen) atoms. The number of esters is 1. The van der Waals surface area contributed by atoms with Crippen molar-refractivity contribution < 1.29 is 26.7 Å². The van der Waals surface area contributed by atoms with Crippen LogP contribution in [0, 0.1) is 11.6 Å². The maximum atomic E-state index is 15.3. The van der Waals surface area contributed by atoms with Crippen LogP contribution in [0.4, 0.5) is 8.78 Å². The van der Waals surface area contributed by atoms with Crippen molar-refractivity contribution in [1.82, 2.24) is 14.3 Å². The molecule has 0 saturated carbocycles. The largest absolute Gasteiger partial charge is 0.459 e. The van der Waals surface area contributed by atoms with Crippen LogP contribution in [0.2, 0.25) is 10.0 Å². The Morgan fingerprint density at radius 2 is 1.78 bits per heavy atom. The van der Waals surface area contributed by atoms with E-state index in [9.17, 15) is 13.2 Å². The van der Waals surface area contributed by atoms with Crippen molar-refractivity contribution in [2.45, 2.75) is 42.2 Å². The number of likely N-dealkylation sites (tertiary alicyclic amines) is 1. The molecule has 214 valence electrons. The summed E-state index contributed by atoms with van der Waals surface area (Å²) in [6.07, 6.45) is 1.61. The van der Waals surface area contributed by atoms with E-state index < -0.39 is 44.2 Å². The molecule has 1 aliphatic heterocycles. The minimum Gasteiger partial charge on any atom is -0.459 e. The average molecular weight is 639 g/mol. The molecular formula is C28H23Cl2F2N3O4S2. The maximum absolute atomic E-state index is 15.3. The Labute approximate surface area is 249 Å². The second kappa shape index (κ2) is 12.5. The Kier molecular flexibility index (Phi) is 9.00. The zero-order valence-corrected chi connectivity index (χ0v) is 24.5. The Balaban J connectivity index is 1.35. The molecule has 1 fully saturated rings. The number of benzene rings is 3. The summed E-state index contributed by atoms with van der Waals surface area (Å²) in [4.78, 5) is 17.9. The van der Waals surface area contributed by atoms with Crippen LogP contribution in [-0.4, -0.2) is 41.3 Å². The first kappa shape index (κ1) is 29.5. The number of sulfone groups is 1. The molecule has 2 atom stereocenters. The summed E-state index contributed by atoms with van der Waals surface area (Å²) in [5.41, 5.74) is 1.17. The third-order valence-corrected chi connectivity index (χ3v) is 9.67. The molecule has 7 nitrogen and oxygen atoms in total. The molecule has 0 amide bonds. The molecule has 4 aromatic rings. The van der Waals surface area contributed by atoms with Gasteiger partial charge in [0.05, 0.1) is 5.56 Å². The standard InChI is InChI=1S/C28H23Cl2F2N3O4S2/c29-20-8-18(9-21(30)11-20)28(36)39-22-6-7-35(25(12-22)17-4-2-1-3-5-17)14-19-10-24(32)26(13-23(19)31)41(37,38)15-27-33-16-34-40-27/h1-5,8-11,13,16,22,25H,6-7,12,14-15H2/t22-,25+/m0/s1. The lowest BCUT2D eigenvalue weighted by molar-refractivity contribution is -0.00575. The second-order valence-electron chi connectivity index (χ2n) is 9.57. The average Bonchev–Trinajstić information content (AvgIpc) is 3.43. The van der Waals surface area contributed by atoms with Gasteiger partial charge in [-0.05, 0) is 53.8 Å². The number of carbonyl (C=O) groups excluding carboxylic acids is 1. The van der Waals surface area contributed by atoms with E-state index in [1.165, 1.54) is 24.5 Å². The highest BCUT2D eigenvalue weighted by Gasteiger charge is 2.33. The highest BCUT2D eigenvalue weighted by atomic mass is 35.5. The Morgan fingerprint density at radius 3 is 2.46 bits per heavy atom. The summed E-state index contributed by atoms with van der Waals surface area (Å²) in [6.45, 7) is 0.426. The van der Waals surface area contributed by atoms with E-state index in [0.29, 0.717) is 29.4 Å². The molecule has 0 spiro atoms. The van der Waals surface area contributed by atoms with Crippen LogP contribution in [0.3, 0.4) is 0 Å². The van der Waals surface area contributed by atoms with Gasteiger partial charge >= 0.3 is 5.97 Å². The van der Waals surface area contributed by atoms with Gasteiger partial charge in [-0.1, -0.05) is 53.5 Å². The summed E-state index contributed by atoms with van der Waals surface area (Å²) >= 11 is 12.9. The van der Waals surface area contributed by atoms with Gasteiger partial charge in [-0.15, -0.1) is 0 Å². The van der Waals surface area contributed by atoms with Crippen molar-refractivity contribution in [3.8, 4) is 0 Å². The predicted octanol–water partition coefficient (Wildman–Crippen LogP) is 6.66. The molecule has 1 saturated heterocycles. The summed E-state index contributed by atoms with van der Waals surface area (Å²) in [5, 5.41) is 0.811. The van der Waals surface area contributed by atoms with Gasteiger partial charge in [0.15, 0.2) is 9.84 Å². The van der Waals surface area contributed by atoms with E-state index in [1.54, 1.807) is 0 Å². The lowest BCUT2D eigenvalue weighted by Gasteiger charge is -2.39. The molecule has 0 N–H and O–H groups in total. The molecule has 13 heteroatoms. The van der Waals surface area contributed by atoms with Crippen LogP contribution in [0.5, 0.6) is 0 Å². The Hall–Kier alpha value is -2.96. The molecule has 2 heterocycles. The monoisotopic (exact) mass is 637 g/mol. The highest BCUT2D eigenvalue weighted by Crippen LogP contribution is 2.35. The fourth-order valence-corrected chi connectivity index (χ4v) is 7.55. The SMILES string of the molecule is O=C(O[C@H]1CCN(Cc2cc(F)c(S(=O)(=O)Cc3ncns3)cc2F)[C@@H](c2ccccc2)C1)c1cc(Cl)cc(Cl)c1. The quantitative estimate of drug-likeness (QED) is 0.200. The van der Waals surface area contributed by atoms with Crippen LogP contribution in [-0.2, 0) is 26.9 Å². The van der Waals surface area contributed by atoms with Gasteiger partial charge in [0.25, 0.3) is 0 Å². The van der Waals surface area contributed by atoms with Gasteiger partial charge in [-0.2, -0.15) is 4.37 Å². The highest BCUT2D eigenvalue weighted by molar-refractivity contribution is 7.90. The first-order valence-corrected chi connectivity index (χ1v) is 15.7. The van der Waals surface area contributed by atoms with Crippen molar-refractivity contribution in [3.05, 3.63) is 110 Å². The van der Waals surface area contributed by atoms with E-state index in [2.05, 4.69) is 9.36 Å². The van der Waals surface area contributed by atoms with Crippen LogP contribution in [0.1, 0.15) is 45.4 Å². The molecule has 0 aliphatic carbocycles. The van der Waals surface area contributed by atoms with Crippen LogP contribution in [0.25, 0.3) is 0 Å². The normalized spacial score (nSPS) is 17.9. The van der Waals surface area contributed by atoms with Crippen LogP contribution in [0.15, 0.2) is 71.9 Å². The fraction of sp³-hybridized carbons (Fsp3) is 0.250. The van der Waals surface area contributed by atoms with Gasteiger partial charge in [0.2, 0.25) is 0 Å². The zero-order chi connectivity index (χ0) is 29.1. The lowest BCUT2D eigenvalue weighted by atomic mass is 9.92. The molecule has 1 aromatic heterocycles. The van der Waals surface area contributed by atoms with Crippen molar-refractivity contribution in [3.63, 3.8) is 0 Å². The molecule has 3 aromatic carbocycles. The number of hydrogen-bond donors (Lipinski definition) is 0. The van der Waals surface area contributed by atoms with Crippen LogP contribution < -0.4 is 0 Å². The predicted molar refractivity (Wildman–Crippen MR) is 152 cm³/mol. The molecule has 5 rings (SSSR count). The van der Waals surface area contributed by atoms with E-state index >= 15 is 8.78 Å². The first-order valence-electron chi connectivity index (χ1n) is 12.5. The first-order chi connectivity index (χ1) is 19.6. The number of piperidine rings is 1. The zero-order valence-electron chi connectivity index (χ0n) is 21.3. The third kappa shape index (κ3) is 7.10. The molecule has 0 bridgehead atoms.